The Labute approximate surface area is 96.2 Å². The zero-order chi connectivity index (χ0) is 10.8. The molecule has 1 aromatic heterocycles. The maximum Gasteiger partial charge on any atom is 0.200 e. The van der Waals surface area contributed by atoms with Crippen LogP contribution in [0.15, 0.2) is 39.2 Å². The Morgan fingerprint density at radius 2 is 1.93 bits per heavy atom. The van der Waals surface area contributed by atoms with Gasteiger partial charge in [-0.1, -0.05) is 28.1 Å². The molecule has 0 unspecified atom stereocenters. The molecule has 0 aliphatic carbocycles. The standard InChI is InChI=1S/C12H8BrNO/c1-2-11-10(14)7-12(15-11)8-3-5-9(13)6-4-8/h1,3-7H,14H2. The van der Waals surface area contributed by atoms with Gasteiger partial charge in [0, 0.05) is 16.1 Å². The summed E-state index contributed by atoms with van der Waals surface area (Å²) in [5.41, 5.74) is 7.12. The lowest BCUT2D eigenvalue weighted by Crippen LogP contribution is -1.82. The quantitative estimate of drug-likeness (QED) is 0.801. The van der Waals surface area contributed by atoms with Crippen molar-refractivity contribution in [2.24, 2.45) is 0 Å². The van der Waals surface area contributed by atoms with Gasteiger partial charge in [-0.05, 0) is 18.1 Å². The lowest BCUT2D eigenvalue weighted by Gasteiger charge is -1.95. The maximum absolute atomic E-state index is 5.67. The third-order valence-corrected chi connectivity index (χ3v) is 2.55. The fraction of sp³-hybridized carbons (Fsp3) is 0. The molecule has 0 bridgehead atoms. The highest BCUT2D eigenvalue weighted by atomic mass is 79.9. The number of halogens is 1. The topological polar surface area (TPSA) is 39.2 Å². The van der Waals surface area contributed by atoms with Gasteiger partial charge in [0.05, 0.1) is 5.69 Å². The molecule has 15 heavy (non-hydrogen) atoms. The molecule has 0 aliphatic heterocycles. The summed E-state index contributed by atoms with van der Waals surface area (Å²) in [7, 11) is 0. The Balaban J connectivity index is 2.46. The van der Waals surface area contributed by atoms with Crippen molar-refractivity contribution in [1.82, 2.24) is 0 Å². The lowest BCUT2D eigenvalue weighted by molar-refractivity contribution is 0.570. The second kappa shape index (κ2) is 3.84. The van der Waals surface area contributed by atoms with E-state index in [1.54, 1.807) is 6.07 Å². The minimum absolute atomic E-state index is 0.382. The minimum Gasteiger partial charge on any atom is -0.445 e. The van der Waals surface area contributed by atoms with Crippen LogP contribution in [0.1, 0.15) is 5.76 Å². The summed E-state index contributed by atoms with van der Waals surface area (Å²) in [6.07, 6.45) is 5.23. The van der Waals surface area contributed by atoms with Gasteiger partial charge in [-0.2, -0.15) is 0 Å². The van der Waals surface area contributed by atoms with Crippen molar-refractivity contribution < 1.29 is 4.42 Å². The van der Waals surface area contributed by atoms with Crippen molar-refractivity contribution in [3.8, 4) is 23.7 Å². The number of hydrogen-bond donors (Lipinski definition) is 1. The Morgan fingerprint density at radius 3 is 2.47 bits per heavy atom. The van der Waals surface area contributed by atoms with Crippen LogP contribution in [-0.4, -0.2) is 0 Å². The van der Waals surface area contributed by atoms with Gasteiger partial charge in [0.25, 0.3) is 0 Å². The van der Waals surface area contributed by atoms with Crippen LogP contribution >= 0.6 is 15.9 Å². The number of rotatable bonds is 1. The Morgan fingerprint density at radius 1 is 1.27 bits per heavy atom. The van der Waals surface area contributed by atoms with E-state index >= 15 is 0 Å². The molecule has 0 fully saturated rings. The predicted molar refractivity (Wildman–Crippen MR) is 64.2 cm³/mol. The molecule has 0 amide bonds. The van der Waals surface area contributed by atoms with Crippen molar-refractivity contribution in [3.05, 3.63) is 40.6 Å². The molecule has 0 saturated heterocycles. The van der Waals surface area contributed by atoms with E-state index in [2.05, 4.69) is 21.9 Å². The Kier molecular flexibility index (Phi) is 2.53. The highest BCUT2D eigenvalue weighted by molar-refractivity contribution is 9.10. The fourth-order valence-electron chi connectivity index (χ4n) is 1.27. The molecule has 2 nitrogen and oxygen atoms in total. The first-order valence-electron chi connectivity index (χ1n) is 4.32. The molecule has 2 rings (SSSR count). The van der Waals surface area contributed by atoms with Gasteiger partial charge in [0.15, 0.2) is 5.76 Å². The van der Waals surface area contributed by atoms with Crippen molar-refractivity contribution in [3.63, 3.8) is 0 Å². The Hall–Kier alpha value is -1.66. The summed E-state index contributed by atoms with van der Waals surface area (Å²) < 4.78 is 6.43. The second-order valence-corrected chi connectivity index (χ2v) is 3.96. The average Bonchev–Trinajstić information content (AvgIpc) is 2.61. The van der Waals surface area contributed by atoms with Gasteiger partial charge in [0.1, 0.15) is 5.76 Å². The molecular weight excluding hydrogens is 254 g/mol. The van der Waals surface area contributed by atoms with E-state index in [0.717, 1.165) is 10.0 Å². The molecule has 0 saturated carbocycles. The van der Waals surface area contributed by atoms with Crippen molar-refractivity contribution in [2.45, 2.75) is 0 Å². The summed E-state index contributed by atoms with van der Waals surface area (Å²) >= 11 is 3.36. The highest BCUT2D eigenvalue weighted by Crippen LogP contribution is 2.27. The monoisotopic (exact) mass is 261 g/mol. The van der Waals surface area contributed by atoms with Crippen molar-refractivity contribution in [1.29, 1.82) is 0 Å². The van der Waals surface area contributed by atoms with Crippen LogP contribution in [-0.2, 0) is 0 Å². The zero-order valence-electron chi connectivity index (χ0n) is 7.83. The smallest absolute Gasteiger partial charge is 0.200 e. The second-order valence-electron chi connectivity index (χ2n) is 3.05. The highest BCUT2D eigenvalue weighted by Gasteiger charge is 2.07. The number of nitrogen functional groups attached to an aromatic ring is 1. The molecule has 1 aromatic carbocycles. The summed E-state index contributed by atoms with van der Waals surface area (Å²) in [5.74, 6) is 3.47. The lowest BCUT2D eigenvalue weighted by atomic mass is 10.2. The van der Waals surface area contributed by atoms with Crippen molar-refractivity contribution >= 4 is 21.6 Å². The molecule has 0 aliphatic rings. The van der Waals surface area contributed by atoms with Crippen LogP contribution in [0.5, 0.6) is 0 Å². The number of anilines is 1. The summed E-state index contributed by atoms with van der Waals surface area (Å²) in [6.45, 7) is 0. The number of benzene rings is 1. The van der Waals surface area contributed by atoms with Crippen LogP contribution in [0, 0.1) is 12.3 Å². The fourth-order valence-corrected chi connectivity index (χ4v) is 1.54. The minimum atomic E-state index is 0.382. The van der Waals surface area contributed by atoms with Crippen LogP contribution < -0.4 is 5.73 Å². The normalized spacial score (nSPS) is 9.87. The van der Waals surface area contributed by atoms with E-state index in [9.17, 15) is 0 Å². The number of furan rings is 1. The number of hydrogen-bond acceptors (Lipinski definition) is 2. The largest absolute Gasteiger partial charge is 0.445 e. The number of nitrogens with two attached hydrogens (primary N) is 1. The summed E-state index contributed by atoms with van der Waals surface area (Å²) in [4.78, 5) is 0. The average molecular weight is 262 g/mol. The van der Waals surface area contributed by atoms with E-state index in [1.165, 1.54) is 0 Å². The van der Waals surface area contributed by atoms with Gasteiger partial charge in [-0.3, -0.25) is 0 Å². The molecule has 74 valence electrons. The van der Waals surface area contributed by atoms with E-state index in [0.29, 0.717) is 17.2 Å². The molecule has 0 radical (unpaired) electrons. The van der Waals surface area contributed by atoms with Crippen LogP contribution in [0.2, 0.25) is 0 Å². The molecule has 0 atom stereocenters. The third-order valence-electron chi connectivity index (χ3n) is 2.02. The maximum atomic E-state index is 5.67. The predicted octanol–water partition coefficient (Wildman–Crippen LogP) is 3.27. The summed E-state index contributed by atoms with van der Waals surface area (Å²) in [5, 5.41) is 0. The molecule has 3 heteroatoms. The van der Waals surface area contributed by atoms with Crippen LogP contribution in [0.3, 0.4) is 0 Å². The first-order chi connectivity index (χ1) is 7.20. The Bertz CT molecular complexity index is 520. The number of terminal acetylenes is 1. The molecule has 1 heterocycles. The van der Waals surface area contributed by atoms with E-state index in [4.69, 9.17) is 16.6 Å². The van der Waals surface area contributed by atoms with E-state index < -0.39 is 0 Å². The third kappa shape index (κ3) is 1.90. The molecule has 2 N–H and O–H groups in total. The van der Waals surface area contributed by atoms with Crippen LogP contribution in [0.25, 0.3) is 11.3 Å². The van der Waals surface area contributed by atoms with Gasteiger partial charge >= 0.3 is 0 Å². The first kappa shape index (κ1) is 9.88. The van der Waals surface area contributed by atoms with Gasteiger partial charge in [0.2, 0.25) is 0 Å². The van der Waals surface area contributed by atoms with Gasteiger partial charge < -0.3 is 10.2 Å². The van der Waals surface area contributed by atoms with Gasteiger partial charge in [-0.15, -0.1) is 6.42 Å². The van der Waals surface area contributed by atoms with E-state index in [1.807, 2.05) is 24.3 Å². The SMILES string of the molecule is C#Cc1oc(-c2ccc(Br)cc2)cc1N. The van der Waals surface area contributed by atoms with E-state index in [-0.39, 0.29) is 0 Å². The molecule has 2 aromatic rings. The van der Waals surface area contributed by atoms with Gasteiger partial charge in [-0.25, -0.2) is 0 Å². The first-order valence-corrected chi connectivity index (χ1v) is 5.12. The molecular formula is C12H8BrNO. The zero-order valence-corrected chi connectivity index (χ0v) is 9.41. The molecule has 0 spiro atoms. The van der Waals surface area contributed by atoms with Crippen LogP contribution in [0.4, 0.5) is 5.69 Å². The summed E-state index contributed by atoms with van der Waals surface area (Å²) in [6, 6.07) is 9.47. The van der Waals surface area contributed by atoms with Crippen molar-refractivity contribution in [2.75, 3.05) is 5.73 Å².